The van der Waals surface area contributed by atoms with E-state index in [1.807, 2.05) is 0 Å². The van der Waals surface area contributed by atoms with Gasteiger partial charge in [-0.3, -0.25) is 18.6 Å². The highest BCUT2D eigenvalue weighted by atomic mass is 31.2. The number of carbonyl (C=O) groups is 2. The maximum atomic E-state index is 12.7. The molecule has 452 valence electrons. The second kappa shape index (κ2) is 63.4. The van der Waals surface area contributed by atoms with Crippen molar-refractivity contribution >= 4 is 19.8 Å². The van der Waals surface area contributed by atoms with Gasteiger partial charge in [-0.05, 0) is 70.6 Å². The van der Waals surface area contributed by atoms with Crippen LogP contribution in [0.4, 0.5) is 0 Å². The first-order valence-corrected chi connectivity index (χ1v) is 34.1. The first-order chi connectivity index (χ1) is 38.3. The highest BCUT2D eigenvalue weighted by Gasteiger charge is 2.26. The number of phosphoric ester groups is 1. The van der Waals surface area contributed by atoms with Crippen LogP contribution in [0.5, 0.6) is 0 Å². The third-order valence-electron chi connectivity index (χ3n) is 14.0. The number of unbranched alkanes of at least 4 members (excludes halogenated alkanes) is 34. The summed E-state index contributed by atoms with van der Waals surface area (Å²) in [7, 11) is -4.39. The van der Waals surface area contributed by atoms with Crippen LogP contribution in [0, 0.1) is 0 Å². The number of phosphoric acid groups is 1. The Balaban J connectivity index is 3.88. The summed E-state index contributed by atoms with van der Waals surface area (Å²) in [5.74, 6) is -0.815. The van der Waals surface area contributed by atoms with Crippen molar-refractivity contribution in [2.24, 2.45) is 5.73 Å². The molecule has 0 aliphatic heterocycles. The maximum Gasteiger partial charge on any atom is 0.472 e. The molecule has 0 rings (SSSR count). The Labute approximate surface area is 481 Å². The lowest BCUT2D eigenvalue weighted by atomic mass is 10.0. The van der Waals surface area contributed by atoms with E-state index in [-0.39, 0.29) is 38.6 Å². The molecule has 78 heavy (non-hydrogen) atoms. The summed E-state index contributed by atoms with van der Waals surface area (Å²) in [4.78, 5) is 35.3. The third-order valence-corrected chi connectivity index (χ3v) is 15.0. The Hall–Kier alpha value is -2.81. The van der Waals surface area contributed by atoms with Crippen molar-refractivity contribution < 1.29 is 37.6 Å². The molecule has 0 spiro atoms. The minimum Gasteiger partial charge on any atom is -0.462 e. The Bertz CT molecular complexity index is 1550. The molecule has 0 aromatic carbocycles. The lowest BCUT2D eigenvalue weighted by Crippen LogP contribution is -2.29. The van der Waals surface area contributed by atoms with Gasteiger partial charge in [0.15, 0.2) is 6.10 Å². The number of carbonyl (C=O) groups excluding carboxylic acids is 2. The van der Waals surface area contributed by atoms with Crippen molar-refractivity contribution in [1.29, 1.82) is 0 Å². The van der Waals surface area contributed by atoms with E-state index < -0.39 is 26.5 Å². The number of allylic oxidation sites excluding steroid dienone is 14. The number of ether oxygens (including phenoxy) is 2. The highest BCUT2D eigenvalue weighted by molar-refractivity contribution is 7.47. The van der Waals surface area contributed by atoms with Crippen molar-refractivity contribution in [1.82, 2.24) is 0 Å². The molecule has 0 aromatic heterocycles. The molecule has 0 saturated heterocycles. The first-order valence-electron chi connectivity index (χ1n) is 32.6. The molecule has 0 aromatic rings. The van der Waals surface area contributed by atoms with Crippen molar-refractivity contribution in [3.05, 3.63) is 85.1 Å². The zero-order chi connectivity index (χ0) is 56.6. The van der Waals surface area contributed by atoms with Gasteiger partial charge in [0, 0.05) is 19.4 Å². The van der Waals surface area contributed by atoms with Gasteiger partial charge in [0.2, 0.25) is 0 Å². The summed E-state index contributed by atoms with van der Waals surface area (Å²) >= 11 is 0. The number of rotatable bonds is 61. The molecule has 3 N–H and O–H groups in total. The number of nitrogens with two attached hydrogens (primary N) is 1. The van der Waals surface area contributed by atoms with Crippen LogP contribution in [0.2, 0.25) is 0 Å². The fourth-order valence-electron chi connectivity index (χ4n) is 9.27. The average Bonchev–Trinajstić information content (AvgIpc) is 3.43. The standard InChI is InChI=1S/C68H122NO8P/c1-3-5-7-9-11-13-15-17-19-21-23-25-26-27-28-29-30-31-32-33-34-35-36-37-38-39-40-41-43-45-47-49-51-53-55-57-59-61-68(71)77-66(65-76-78(72,73)75-63-62-69)64-74-67(70)60-58-56-54-52-50-48-46-44-42-24-22-20-18-16-14-12-10-8-6-4-2/h5,7,11,13,17,19,23,25,27-28,30-31,33-34,66H,3-4,6,8-10,12,14-16,18,20-22,24,26,29,32,35-65,69H2,1-2H3,(H,72,73)/b7-5-,13-11-,19-17-,25-23-,28-27-,31-30-,34-33-. The SMILES string of the molecule is CC/C=C\C/C=C\C/C=C\C/C=C\C/C=C\C/C=C\C/C=C\CCCCCCCCCCCCCCCCCC(=O)OC(COC(=O)CCCCCCCCCCCCCCCCCCCCCC)COP(=O)(O)OCCN. The van der Waals surface area contributed by atoms with E-state index in [0.29, 0.717) is 6.42 Å². The average molecular weight is 1110 g/mol. The molecule has 0 bridgehead atoms. The van der Waals surface area contributed by atoms with Gasteiger partial charge in [0.25, 0.3) is 0 Å². The highest BCUT2D eigenvalue weighted by Crippen LogP contribution is 2.43. The molecule has 0 radical (unpaired) electrons. The van der Waals surface area contributed by atoms with Gasteiger partial charge < -0.3 is 20.1 Å². The normalized spacial score (nSPS) is 13.5. The van der Waals surface area contributed by atoms with Gasteiger partial charge in [-0.25, -0.2) is 4.57 Å². The minimum atomic E-state index is -4.39. The van der Waals surface area contributed by atoms with Crippen LogP contribution in [0.15, 0.2) is 85.1 Å². The van der Waals surface area contributed by atoms with Crippen LogP contribution >= 0.6 is 7.82 Å². The Morgan fingerprint density at radius 3 is 1.05 bits per heavy atom. The van der Waals surface area contributed by atoms with Gasteiger partial charge in [0.05, 0.1) is 13.2 Å². The molecular weight excluding hydrogens is 990 g/mol. The van der Waals surface area contributed by atoms with E-state index in [9.17, 15) is 19.0 Å². The molecule has 2 unspecified atom stereocenters. The Morgan fingerprint density at radius 1 is 0.397 bits per heavy atom. The van der Waals surface area contributed by atoms with Crippen LogP contribution in [-0.2, 0) is 32.7 Å². The van der Waals surface area contributed by atoms with E-state index >= 15 is 0 Å². The van der Waals surface area contributed by atoms with Crippen molar-refractivity contribution in [2.75, 3.05) is 26.4 Å². The molecule has 10 heteroatoms. The van der Waals surface area contributed by atoms with Crippen LogP contribution in [0.1, 0.15) is 303 Å². The van der Waals surface area contributed by atoms with Gasteiger partial charge in [0.1, 0.15) is 6.61 Å². The Kier molecular flexibility index (Phi) is 61.1. The lowest BCUT2D eigenvalue weighted by Gasteiger charge is -2.19. The van der Waals surface area contributed by atoms with Crippen LogP contribution < -0.4 is 5.73 Å². The van der Waals surface area contributed by atoms with Gasteiger partial charge in [-0.2, -0.15) is 0 Å². The first kappa shape index (κ1) is 75.2. The molecule has 9 nitrogen and oxygen atoms in total. The lowest BCUT2D eigenvalue weighted by molar-refractivity contribution is -0.161. The number of esters is 2. The molecule has 0 fully saturated rings. The second-order valence-electron chi connectivity index (χ2n) is 21.6. The third kappa shape index (κ3) is 62.4. The predicted molar refractivity (Wildman–Crippen MR) is 335 cm³/mol. The van der Waals surface area contributed by atoms with E-state index in [0.717, 1.165) is 83.5 Å². The summed E-state index contributed by atoms with van der Waals surface area (Å²) in [6.07, 6.45) is 83.7. The monoisotopic (exact) mass is 1110 g/mol. The largest absolute Gasteiger partial charge is 0.472 e. The van der Waals surface area contributed by atoms with Crippen molar-refractivity contribution in [3.63, 3.8) is 0 Å². The number of hydrogen-bond acceptors (Lipinski definition) is 8. The fourth-order valence-corrected chi connectivity index (χ4v) is 10.0. The van der Waals surface area contributed by atoms with E-state index in [1.54, 1.807) is 0 Å². The fraction of sp³-hybridized carbons (Fsp3) is 0.765. The predicted octanol–water partition coefficient (Wildman–Crippen LogP) is 21.0. The van der Waals surface area contributed by atoms with Gasteiger partial charge in [-0.1, -0.05) is 304 Å². The van der Waals surface area contributed by atoms with Crippen LogP contribution in [0.3, 0.4) is 0 Å². The van der Waals surface area contributed by atoms with Crippen molar-refractivity contribution in [3.8, 4) is 0 Å². The summed E-state index contributed by atoms with van der Waals surface area (Å²) in [6, 6.07) is 0. The molecule has 0 saturated carbocycles. The van der Waals surface area contributed by atoms with Gasteiger partial charge >= 0.3 is 19.8 Å². The molecule has 0 heterocycles. The maximum absolute atomic E-state index is 12.7. The molecule has 0 amide bonds. The molecule has 0 aliphatic rings. The second-order valence-corrected chi connectivity index (χ2v) is 23.1. The molecular formula is C68H122NO8P. The summed E-state index contributed by atoms with van der Waals surface area (Å²) < 4.78 is 33.1. The minimum absolute atomic E-state index is 0.0530. The van der Waals surface area contributed by atoms with Crippen LogP contribution in [0.25, 0.3) is 0 Å². The Morgan fingerprint density at radius 2 is 0.705 bits per heavy atom. The van der Waals surface area contributed by atoms with Crippen molar-refractivity contribution in [2.45, 2.75) is 309 Å². The molecule has 0 aliphatic carbocycles. The zero-order valence-corrected chi connectivity index (χ0v) is 51.5. The summed E-state index contributed by atoms with van der Waals surface area (Å²) in [6.45, 7) is 3.67. The van der Waals surface area contributed by atoms with E-state index in [2.05, 4.69) is 98.9 Å². The molecule has 2 atom stereocenters. The topological polar surface area (TPSA) is 134 Å². The smallest absolute Gasteiger partial charge is 0.462 e. The van der Waals surface area contributed by atoms with Gasteiger partial charge in [-0.15, -0.1) is 0 Å². The van der Waals surface area contributed by atoms with Crippen LogP contribution in [-0.4, -0.2) is 49.3 Å². The summed E-state index contributed by atoms with van der Waals surface area (Å²) in [5.41, 5.74) is 5.39. The quantitative estimate of drug-likeness (QED) is 0.0264. The van der Waals surface area contributed by atoms with E-state index in [4.69, 9.17) is 24.3 Å². The van der Waals surface area contributed by atoms with E-state index in [1.165, 1.54) is 186 Å². The summed E-state index contributed by atoms with van der Waals surface area (Å²) in [5, 5.41) is 0. The zero-order valence-electron chi connectivity index (χ0n) is 50.6. The number of hydrogen-bond donors (Lipinski definition) is 2.